The number of nitrogens with zero attached hydrogens (tertiary/aromatic N) is 1. The first-order valence-corrected chi connectivity index (χ1v) is 7.96. The second-order valence-corrected chi connectivity index (χ2v) is 7.30. The first-order valence-electron chi connectivity index (χ1n) is 7.96. The molecule has 2 aliphatic carbocycles. The Labute approximate surface area is 113 Å². The maximum absolute atomic E-state index is 6.46. The van der Waals surface area contributed by atoms with Gasteiger partial charge in [0.05, 0.1) is 0 Å². The van der Waals surface area contributed by atoms with Crippen molar-refractivity contribution >= 4 is 0 Å². The van der Waals surface area contributed by atoms with Crippen LogP contribution in [0.25, 0.3) is 0 Å². The average molecular weight is 252 g/mol. The van der Waals surface area contributed by atoms with Crippen molar-refractivity contribution < 1.29 is 0 Å². The van der Waals surface area contributed by atoms with Gasteiger partial charge in [-0.2, -0.15) is 0 Å². The highest BCUT2D eigenvalue weighted by molar-refractivity contribution is 4.94. The van der Waals surface area contributed by atoms with E-state index in [1.807, 2.05) is 0 Å². The molecule has 0 spiro atoms. The number of hydrogen-bond donors (Lipinski definition) is 1. The molecule has 2 saturated carbocycles. The Bertz CT molecular complexity index is 254. The highest BCUT2D eigenvalue weighted by Gasteiger charge is 2.37. The predicted octanol–water partition coefficient (Wildman–Crippen LogP) is 3.26. The molecule has 2 fully saturated rings. The molecule has 2 aliphatic rings. The number of rotatable bonds is 2. The van der Waals surface area contributed by atoms with E-state index >= 15 is 0 Å². The van der Waals surface area contributed by atoms with Crippen LogP contribution in [-0.4, -0.2) is 30.1 Å². The molecule has 0 amide bonds. The SMILES string of the molecule is CC1CC(C)C(N(C)C2CCCC(C)C2)C(N)C1. The fourth-order valence-electron chi connectivity index (χ4n) is 4.62. The molecule has 2 rings (SSSR count). The smallest absolute Gasteiger partial charge is 0.0272 e. The fraction of sp³-hybridized carbons (Fsp3) is 1.00. The van der Waals surface area contributed by atoms with Crippen molar-refractivity contribution in [3.63, 3.8) is 0 Å². The molecule has 0 aromatic carbocycles. The van der Waals surface area contributed by atoms with Crippen LogP contribution in [-0.2, 0) is 0 Å². The van der Waals surface area contributed by atoms with Crippen molar-refractivity contribution in [2.45, 2.75) is 77.4 Å². The standard InChI is InChI=1S/C16H32N2/c1-11-6-5-7-14(9-11)18(4)16-13(3)8-12(2)10-15(16)17/h11-16H,5-10,17H2,1-4H3. The van der Waals surface area contributed by atoms with Gasteiger partial charge in [0.1, 0.15) is 0 Å². The number of hydrogen-bond acceptors (Lipinski definition) is 2. The molecule has 6 atom stereocenters. The van der Waals surface area contributed by atoms with Gasteiger partial charge in [0.2, 0.25) is 0 Å². The lowest BCUT2D eigenvalue weighted by atomic mass is 9.75. The van der Waals surface area contributed by atoms with Gasteiger partial charge < -0.3 is 5.73 Å². The van der Waals surface area contributed by atoms with Gasteiger partial charge in [0.25, 0.3) is 0 Å². The van der Waals surface area contributed by atoms with Crippen molar-refractivity contribution in [1.29, 1.82) is 0 Å². The third-order valence-corrected chi connectivity index (χ3v) is 5.43. The van der Waals surface area contributed by atoms with E-state index in [4.69, 9.17) is 5.73 Å². The topological polar surface area (TPSA) is 29.3 Å². The first kappa shape index (κ1) is 14.3. The molecular formula is C16H32N2. The number of nitrogens with two attached hydrogens (primary N) is 1. The Morgan fingerprint density at radius 3 is 2.28 bits per heavy atom. The second-order valence-electron chi connectivity index (χ2n) is 7.30. The van der Waals surface area contributed by atoms with Crippen LogP contribution in [0.15, 0.2) is 0 Å². The van der Waals surface area contributed by atoms with Crippen molar-refractivity contribution in [1.82, 2.24) is 4.90 Å². The highest BCUT2D eigenvalue weighted by atomic mass is 15.2. The van der Waals surface area contributed by atoms with E-state index in [9.17, 15) is 0 Å². The summed E-state index contributed by atoms with van der Waals surface area (Å²) < 4.78 is 0. The van der Waals surface area contributed by atoms with E-state index in [-0.39, 0.29) is 0 Å². The molecule has 0 bridgehead atoms. The molecule has 0 saturated heterocycles. The van der Waals surface area contributed by atoms with Crippen LogP contribution in [0.2, 0.25) is 0 Å². The molecule has 18 heavy (non-hydrogen) atoms. The third kappa shape index (κ3) is 3.08. The first-order chi connectivity index (χ1) is 8.49. The fourth-order valence-corrected chi connectivity index (χ4v) is 4.62. The van der Waals surface area contributed by atoms with Gasteiger partial charge >= 0.3 is 0 Å². The van der Waals surface area contributed by atoms with Crippen molar-refractivity contribution in [2.75, 3.05) is 7.05 Å². The van der Waals surface area contributed by atoms with Gasteiger partial charge in [0, 0.05) is 18.1 Å². The monoisotopic (exact) mass is 252 g/mol. The zero-order valence-corrected chi connectivity index (χ0v) is 12.7. The summed E-state index contributed by atoms with van der Waals surface area (Å²) in [5.74, 6) is 2.47. The maximum Gasteiger partial charge on any atom is 0.0272 e. The predicted molar refractivity (Wildman–Crippen MR) is 78.5 cm³/mol. The van der Waals surface area contributed by atoms with E-state index in [1.54, 1.807) is 0 Å². The molecule has 2 heteroatoms. The Morgan fingerprint density at radius 1 is 0.944 bits per heavy atom. The zero-order chi connectivity index (χ0) is 13.3. The lowest BCUT2D eigenvalue weighted by molar-refractivity contribution is 0.0415. The lowest BCUT2D eigenvalue weighted by Crippen LogP contribution is -2.56. The van der Waals surface area contributed by atoms with E-state index in [1.165, 1.54) is 38.5 Å². The van der Waals surface area contributed by atoms with Crippen molar-refractivity contribution in [3.8, 4) is 0 Å². The minimum absolute atomic E-state index is 0.381. The maximum atomic E-state index is 6.46. The largest absolute Gasteiger partial charge is 0.326 e. The minimum atomic E-state index is 0.381. The Hall–Kier alpha value is -0.0800. The molecule has 0 radical (unpaired) electrons. The van der Waals surface area contributed by atoms with Gasteiger partial charge in [-0.15, -0.1) is 0 Å². The van der Waals surface area contributed by atoms with Crippen LogP contribution < -0.4 is 5.73 Å². The molecule has 0 heterocycles. The van der Waals surface area contributed by atoms with Crippen LogP contribution in [0.5, 0.6) is 0 Å². The zero-order valence-electron chi connectivity index (χ0n) is 12.7. The Morgan fingerprint density at radius 2 is 1.67 bits per heavy atom. The van der Waals surface area contributed by atoms with Crippen LogP contribution in [0, 0.1) is 17.8 Å². The summed E-state index contributed by atoms with van der Waals surface area (Å²) in [5.41, 5.74) is 6.46. The van der Waals surface area contributed by atoms with Crippen LogP contribution in [0.3, 0.4) is 0 Å². The number of likely N-dealkylation sites (N-methyl/N-ethyl adjacent to an activating group) is 1. The lowest BCUT2D eigenvalue weighted by Gasteiger charge is -2.47. The van der Waals surface area contributed by atoms with E-state index in [0.717, 1.165) is 23.8 Å². The summed E-state index contributed by atoms with van der Waals surface area (Å²) in [6.07, 6.45) is 8.15. The van der Waals surface area contributed by atoms with Gasteiger partial charge in [-0.1, -0.05) is 33.6 Å². The van der Waals surface area contributed by atoms with Gasteiger partial charge in [0.15, 0.2) is 0 Å². The summed E-state index contributed by atoms with van der Waals surface area (Å²) in [6, 6.07) is 1.77. The van der Waals surface area contributed by atoms with Gasteiger partial charge in [-0.3, -0.25) is 4.90 Å². The molecular weight excluding hydrogens is 220 g/mol. The van der Waals surface area contributed by atoms with Crippen LogP contribution in [0.4, 0.5) is 0 Å². The second kappa shape index (κ2) is 5.92. The summed E-state index contributed by atoms with van der Waals surface area (Å²) in [4.78, 5) is 2.65. The van der Waals surface area contributed by atoms with E-state index < -0.39 is 0 Å². The Balaban J connectivity index is 2.00. The van der Waals surface area contributed by atoms with E-state index in [0.29, 0.717) is 12.1 Å². The molecule has 6 unspecified atom stereocenters. The summed E-state index contributed by atoms with van der Waals surface area (Å²) >= 11 is 0. The minimum Gasteiger partial charge on any atom is -0.326 e. The van der Waals surface area contributed by atoms with Crippen molar-refractivity contribution in [3.05, 3.63) is 0 Å². The molecule has 0 aromatic rings. The summed E-state index contributed by atoms with van der Waals surface area (Å²) in [6.45, 7) is 7.17. The quantitative estimate of drug-likeness (QED) is 0.817. The normalized spacial score (nSPS) is 46.3. The average Bonchev–Trinajstić information content (AvgIpc) is 2.27. The van der Waals surface area contributed by atoms with Crippen LogP contribution >= 0.6 is 0 Å². The summed E-state index contributed by atoms with van der Waals surface area (Å²) in [5, 5.41) is 0. The van der Waals surface area contributed by atoms with Gasteiger partial charge in [-0.25, -0.2) is 0 Å². The molecule has 2 nitrogen and oxygen atoms in total. The van der Waals surface area contributed by atoms with Gasteiger partial charge in [-0.05, 0) is 50.5 Å². The Kier molecular flexibility index (Phi) is 4.71. The molecule has 106 valence electrons. The van der Waals surface area contributed by atoms with Crippen molar-refractivity contribution in [2.24, 2.45) is 23.5 Å². The molecule has 0 aliphatic heterocycles. The highest BCUT2D eigenvalue weighted by Crippen LogP contribution is 2.35. The molecule has 2 N–H and O–H groups in total. The van der Waals surface area contributed by atoms with Crippen LogP contribution in [0.1, 0.15) is 59.3 Å². The van der Waals surface area contributed by atoms with E-state index in [2.05, 4.69) is 32.7 Å². The summed E-state index contributed by atoms with van der Waals surface area (Å²) in [7, 11) is 2.33. The third-order valence-electron chi connectivity index (χ3n) is 5.43. The molecule has 0 aromatic heterocycles.